The largest absolute Gasteiger partial charge is 0.536 e. The van der Waals surface area contributed by atoms with E-state index < -0.39 is 25.3 Å². The number of hydrogen-bond acceptors (Lipinski definition) is 4. The molecule has 0 atom stereocenters. The number of rotatable bonds is 6. The van der Waals surface area contributed by atoms with Crippen molar-refractivity contribution in [1.29, 1.82) is 0 Å². The van der Waals surface area contributed by atoms with E-state index in [4.69, 9.17) is 13.3 Å². The molecule has 0 aliphatic rings. The molecule has 0 saturated heterocycles. The van der Waals surface area contributed by atoms with E-state index in [0.29, 0.717) is 0 Å². The Hall–Kier alpha value is -0.289. The van der Waals surface area contributed by atoms with Crippen LogP contribution in [0.5, 0.6) is 0 Å². The summed E-state index contributed by atoms with van der Waals surface area (Å²) in [5.41, 5.74) is 0. The maximum atomic E-state index is 5.32. The molecule has 128 valence electrons. The summed E-state index contributed by atoms with van der Waals surface area (Å²) in [6.45, 7) is 14.1. The highest BCUT2D eigenvalue weighted by atomic mass is 28.4. The minimum absolute atomic E-state index is 0.975. The van der Waals surface area contributed by atoms with Crippen molar-refractivity contribution in [2.45, 2.75) is 39.3 Å². The second-order valence-corrected chi connectivity index (χ2v) is 20.1. The summed E-state index contributed by atoms with van der Waals surface area (Å²) in [6.07, 6.45) is 0. The molecule has 7 heteroatoms. The fourth-order valence-corrected chi connectivity index (χ4v) is 13.2. The number of hydrogen-bond donors (Lipinski definition) is 1. The van der Waals surface area contributed by atoms with E-state index in [1.54, 1.807) is 21.3 Å². The Morgan fingerprint density at radius 3 is 1.27 bits per heavy atom. The number of nitrogens with one attached hydrogen (secondary N) is 1. The Labute approximate surface area is 139 Å². The van der Waals surface area contributed by atoms with Crippen LogP contribution in [-0.4, -0.2) is 46.6 Å². The zero-order chi connectivity index (χ0) is 17.4. The van der Waals surface area contributed by atoms with Gasteiger partial charge in [0, 0.05) is 26.5 Å². The molecule has 22 heavy (non-hydrogen) atoms. The molecule has 0 unspecified atom stereocenters. The lowest BCUT2D eigenvalue weighted by molar-refractivity contribution is 0.140. The first-order valence-electron chi connectivity index (χ1n) is 7.50. The Morgan fingerprint density at radius 1 is 0.682 bits per heavy atom. The van der Waals surface area contributed by atoms with Gasteiger partial charge in [0.05, 0.1) is 0 Å². The van der Waals surface area contributed by atoms with Crippen LogP contribution in [0.1, 0.15) is 0 Å². The molecule has 1 N–H and O–H groups in total. The zero-order valence-electron chi connectivity index (χ0n) is 15.6. The fraction of sp³-hybridized carbons (Fsp3) is 0.600. The van der Waals surface area contributed by atoms with Gasteiger partial charge in [-0.25, -0.2) is 0 Å². The van der Waals surface area contributed by atoms with Crippen LogP contribution in [0.15, 0.2) is 30.3 Å². The Bertz CT molecular complexity index is 392. The molecule has 0 amide bonds. The monoisotopic (exact) mass is 359 g/mol. The molecule has 0 heterocycles. The molecule has 1 aromatic carbocycles. The van der Waals surface area contributed by atoms with Gasteiger partial charge in [0.25, 0.3) is 0 Å². The van der Waals surface area contributed by atoms with Gasteiger partial charge < -0.3 is 17.9 Å². The average Bonchev–Trinajstić information content (AvgIpc) is 2.39. The van der Waals surface area contributed by atoms with Crippen LogP contribution in [0, 0.1) is 0 Å². The van der Waals surface area contributed by atoms with E-state index in [1.165, 1.54) is 0 Å². The summed E-state index contributed by atoms with van der Waals surface area (Å²) in [7, 11) is 0.255. The van der Waals surface area contributed by atoms with Gasteiger partial charge in [0.15, 0.2) is 0 Å². The standard InChI is InChI=1S/C9H14O3Si.C6H19NSi2/c1-10-13(11-2,12-3)9-7-5-4-6-8-9;1-8(2,3)7-9(4,5)6/h4-8H,1-3H3;7H,1-6H3. The van der Waals surface area contributed by atoms with Crippen LogP contribution in [0.4, 0.5) is 0 Å². The van der Waals surface area contributed by atoms with Gasteiger partial charge in [-0.2, -0.15) is 0 Å². The molecule has 4 nitrogen and oxygen atoms in total. The van der Waals surface area contributed by atoms with Gasteiger partial charge in [-0.05, 0) is 0 Å². The van der Waals surface area contributed by atoms with Crippen molar-refractivity contribution in [3.63, 3.8) is 0 Å². The highest BCUT2D eigenvalue weighted by Gasteiger charge is 2.40. The van der Waals surface area contributed by atoms with Gasteiger partial charge in [0.1, 0.15) is 16.5 Å². The minimum Gasteiger partial charge on any atom is -0.373 e. The normalized spacial score (nSPS) is 12.6. The van der Waals surface area contributed by atoms with Gasteiger partial charge >= 0.3 is 8.80 Å². The van der Waals surface area contributed by atoms with E-state index in [9.17, 15) is 0 Å². The highest BCUT2D eigenvalue weighted by Crippen LogP contribution is 2.06. The smallest absolute Gasteiger partial charge is 0.373 e. The summed E-state index contributed by atoms with van der Waals surface area (Å²) >= 11 is 0. The van der Waals surface area contributed by atoms with Crippen molar-refractivity contribution < 1.29 is 13.3 Å². The molecule has 0 bridgehead atoms. The second kappa shape index (κ2) is 9.12. The number of benzene rings is 1. The topological polar surface area (TPSA) is 39.7 Å². The maximum absolute atomic E-state index is 5.32. The first-order valence-corrected chi connectivity index (χ1v) is 16.2. The molecule has 1 rings (SSSR count). The van der Waals surface area contributed by atoms with Gasteiger partial charge in [-0.15, -0.1) is 0 Å². The van der Waals surface area contributed by atoms with Gasteiger partial charge in [-0.1, -0.05) is 69.6 Å². The maximum Gasteiger partial charge on any atom is 0.536 e. The third-order valence-corrected chi connectivity index (χ3v) is 11.3. The van der Waals surface area contributed by atoms with Crippen LogP contribution >= 0.6 is 0 Å². The molecule has 0 fully saturated rings. The third kappa shape index (κ3) is 8.37. The van der Waals surface area contributed by atoms with E-state index >= 15 is 0 Å². The molecular weight excluding hydrogens is 326 g/mol. The molecular formula is C15H33NO3Si3. The predicted octanol–water partition coefficient (Wildman–Crippen LogP) is 3.02. The summed E-state index contributed by atoms with van der Waals surface area (Å²) in [4.78, 5) is 0. The van der Waals surface area contributed by atoms with E-state index in [-0.39, 0.29) is 0 Å². The lowest BCUT2D eigenvalue weighted by Gasteiger charge is -2.28. The average molecular weight is 360 g/mol. The lowest BCUT2D eigenvalue weighted by atomic mass is 10.4. The van der Waals surface area contributed by atoms with Crippen molar-refractivity contribution in [3.8, 4) is 0 Å². The molecule has 0 aliphatic carbocycles. The van der Waals surface area contributed by atoms with Crippen LogP contribution < -0.4 is 9.83 Å². The second-order valence-electron chi connectivity index (χ2n) is 7.16. The van der Waals surface area contributed by atoms with Crippen LogP contribution in [0.2, 0.25) is 39.3 Å². The Morgan fingerprint density at radius 2 is 1.05 bits per heavy atom. The summed E-state index contributed by atoms with van der Waals surface area (Å²) in [5.74, 6) is 0. The van der Waals surface area contributed by atoms with Crippen LogP contribution in [0.3, 0.4) is 0 Å². The quantitative estimate of drug-likeness (QED) is 0.793. The molecule has 0 radical (unpaired) electrons. The lowest BCUT2D eigenvalue weighted by Crippen LogP contribution is -2.55. The van der Waals surface area contributed by atoms with Gasteiger partial charge in [-0.3, -0.25) is 0 Å². The van der Waals surface area contributed by atoms with Crippen molar-refractivity contribution >= 4 is 30.5 Å². The summed E-state index contributed by atoms with van der Waals surface area (Å²) in [5, 5.41) is 0.975. The zero-order valence-corrected chi connectivity index (χ0v) is 18.6. The Balaban J connectivity index is 0.000000433. The first-order chi connectivity index (χ1) is 9.99. The van der Waals surface area contributed by atoms with Crippen LogP contribution in [0.25, 0.3) is 0 Å². The Kier molecular flexibility index (Phi) is 9.00. The minimum atomic E-state index is -2.59. The van der Waals surface area contributed by atoms with Gasteiger partial charge in [0.2, 0.25) is 0 Å². The van der Waals surface area contributed by atoms with Crippen LogP contribution in [-0.2, 0) is 13.3 Å². The van der Waals surface area contributed by atoms with Crippen molar-refractivity contribution in [1.82, 2.24) is 4.65 Å². The van der Waals surface area contributed by atoms with Crippen molar-refractivity contribution in [2.75, 3.05) is 21.3 Å². The van der Waals surface area contributed by atoms with Crippen molar-refractivity contribution in [2.24, 2.45) is 0 Å². The molecule has 0 saturated carbocycles. The molecule has 0 aliphatic heterocycles. The van der Waals surface area contributed by atoms with Crippen molar-refractivity contribution in [3.05, 3.63) is 30.3 Å². The predicted molar refractivity (Wildman–Crippen MR) is 103 cm³/mol. The SMILES string of the molecule is CO[Si](OC)(OC)c1ccccc1.C[Si](C)(C)N[Si](C)(C)C. The summed E-state index contributed by atoms with van der Waals surface area (Å²) in [6, 6.07) is 9.72. The highest BCUT2D eigenvalue weighted by molar-refractivity contribution is 6.90. The molecule has 0 aromatic heterocycles. The molecule has 1 aromatic rings. The fourth-order valence-electron chi connectivity index (χ4n) is 2.37. The third-order valence-electron chi connectivity index (χ3n) is 2.68. The van der Waals surface area contributed by atoms with E-state index in [1.807, 2.05) is 30.3 Å². The van der Waals surface area contributed by atoms with E-state index in [0.717, 1.165) is 5.19 Å². The first kappa shape index (κ1) is 21.7. The van der Waals surface area contributed by atoms with E-state index in [2.05, 4.69) is 43.9 Å². The molecule has 0 spiro atoms. The summed E-state index contributed by atoms with van der Waals surface area (Å²) < 4.78 is 19.7.